The molecule has 1 N–H and O–H groups in total. The third-order valence-electron chi connectivity index (χ3n) is 3.57. The van der Waals surface area contributed by atoms with Gasteiger partial charge in [0.25, 0.3) is 8.32 Å². The minimum atomic E-state index is -2.88. The van der Waals surface area contributed by atoms with E-state index in [9.17, 15) is 4.80 Å². The topological polar surface area (TPSA) is 20.2 Å². The van der Waals surface area contributed by atoms with Gasteiger partial charge in [-0.2, -0.15) is 0 Å². The van der Waals surface area contributed by atoms with Crippen LogP contribution >= 0.6 is 0 Å². The van der Waals surface area contributed by atoms with E-state index in [0.29, 0.717) is 0 Å². The summed E-state index contributed by atoms with van der Waals surface area (Å²) in [5, 5.41) is 3.03. The van der Waals surface area contributed by atoms with Crippen LogP contribution in [0, 0.1) is 0 Å². The number of hydrogen-bond acceptors (Lipinski definition) is 1. The van der Waals surface area contributed by atoms with Gasteiger partial charge in [0.05, 0.1) is 0 Å². The van der Waals surface area contributed by atoms with E-state index >= 15 is 0 Å². The summed E-state index contributed by atoms with van der Waals surface area (Å²) in [7, 11) is -2.88. The van der Waals surface area contributed by atoms with E-state index in [1.807, 2.05) is 91.0 Å². The van der Waals surface area contributed by atoms with Gasteiger partial charge in [-0.1, -0.05) is 91.0 Å². The van der Waals surface area contributed by atoms with E-state index in [1.165, 1.54) is 0 Å². The first-order chi connectivity index (χ1) is 9.82. The van der Waals surface area contributed by atoms with Gasteiger partial charge in [-0.05, 0) is 15.6 Å². The second-order valence-corrected chi connectivity index (χ2v) is 7.96. The van der Waals surface area contributed by atoms with Gasteiger partial charge in [-0.15, -0.1) is 0 Å². The van der Waals surface area contributed by atoms with Gasteiger partial charge in [-0.3, -0.25) is 0 Å². The molecular weight excluding hydrogens is 311 g/mol. The van der Waals surface area contributed by atoms with Crippen molar-refractivity contribution in [2.24, 2.45) is 0 Å². The molecule has 0 bridgehead atoms. The molecule has 0 fully saturated rings. The van der Waals surface area contributed by atoms with Crippen LogP contribution in [0.25, 0.3) is 0 Å². The molecule has 0 unspecified atom stereocenters. The Labute approximate surface area is 138 Å². The van der Waals surface area contributed by atoms with Gasteiger partial charge in [-0.25, -0.2) is 0 Å². The maximum Gasteiger partial charge on any atom is 0.285 e. The largest absolute Gasteiger partial charge is 0.421 e. The zero-order chi connectivity index (χ0) is 13.8. The van der Waals surface area contributed by atoms with Crippen molar-refractivity contribution >= 4 is 23.9 Å². The fourth-order valence-corrected chi connectivity index (χ4v) is 5.56. The smallest absolute Gasteiger partial charge is 0.285 e. The van der Waals surface area contributed by atoms with Crippen LogP contribution in [0.1, 0.15) is 0 Å². The van der Waals surface area contributed by atoms with E-state index in [4.69, 9.17) is 0 Å². The Morgan fingerprint density at radius 1 is 0.476 bits per heavy atom. The van der Waals surface area contributed by atoms with E-state index in [1.54, 1.807) is 0 Å². The van der Waals surface area contributed by atoms with E-state index in [2.05, 4.69) is 0 Å². The van der Waals surface area contributed by atoms with Crippen LogP contribution in [-0.4, -0.2) is 13.1 Å². The molecule has 1 nitrogen and oxygen atoms in total. The number of hydrogen-bond donors (Lipinski definition) is 1. The monoisotopic (exact) mass is 327 g/mol. The summed E-state index contributed by atoms with van der Waals surface area (Å²) >= 11 is 0. The van der Waals surface area contributed by atoms with E-state index < -0.39 is 8.32 Å². The van der Waals surface area contributed by atoms with Crippen LogP contribution in [0.3, 0.4) is 0 Å². The molecule has 0 atom stereocenters. The van der Waals surface area contributed by atoms with Gasteiger partial charge in [0, 0.05) is 18.6 Å². The molecule has 3 aromatic rings. The standard InChI is InChI=1S/C18H16OSi.V/c19-20(16-10-4-1-5-11-16,17-12-6-2-7-13-17)18-14-8-3-9-15-18;/h1-15,19H;. The quantitative estimate of drug-likeness (QED) is 0.573. The SMILES string of the molecule is O[Si](c1ccccc1)(c1ccccc1)c1ccccc1.[V]. The zero-order valence-corrected chi connectivity index (χ0v) is 14.0. The summed E-state index contributed by atoms with van der Waals surface area (Å²) in [5.41, 5.74) is 0. The predicted molar refractivity (Wildman–Crippen MR) is 86.2 cm³/mol. The Kier molecular flexibility index (Phi) is 5.21. The van der Waals surface area contributed by atoms with E-state index in [0.717, 1.165) is 15.6 Å². The maximum atomic E-state index is 11.6. The van der Waals surface area contributed by atoms with Crippen molar-refractivity contribution in [2.45, 2.75) is 0 Å². The van der Waals surface area contributed by atoms with Crippen molar-refractivity contribution in [3.05, 3.63) is 91.0 Å². The summed E-state index contributed by atoms with van der Waals surface area (Å²) in [5.74, 6) is 0. The second-order valence-electron chi connectivity index (χ2n) is 4.81. The predicted octanol–water partition coefficient (Wildman–Crippen LogP) is 1.64. The molecule has 0 aliphatic rings. The van der Waals surface area contributed by atoms with Crippen molar-refractivity contribution in [2.75, 3.05) is 0 Å². The molecule has 0 aliphatic heterocycles. The summed E-state index contributed by atoms with van der Waals surface area (Å²) in [6.45, 7) is 0. The van der Waals surface area contributed by atoms with Crippen LogP contribution in [0.5, 0.6) is 0 Å². The maximum absolute atomic E-state index is 11.6. The van der Waals surface area contributed by atoms with Crippen LogP contribution in [0.2, 0.25) is 0 Å². The van der Waals surface area contributed by atoms with Crippen LogP contribution < -0.4 is 15.6 Å². The van der Waals surface area contributed by atoms with Crippen molar-refractivity contribution in [3.8, 4) is 0 Å². The Bertz CT molecular complexity index is 575. The molecule has 103 valence electrons. The summed E-state index contributed by atoms with van der Waals surface area (Å²) in [6, 6.07) is 30.0. The van der Waals surface area contributed by atoms with Crippen molar-refractivity contribution < 1.29 is 23.4 Å². The fraction of sp³-hybridized carbons (Fsp3) is 0. The molecule has 0 aromatic heterocycles. The Morgan fingerprint density at radius 3 is 0.952 bits per heavy atom. The first-order valence-corrected chi connectivity index (χ1v) is 8.65. The van der Waals surface area contributed by atoms with Crippen molar-refractivity contribution in [1.82, 2.24) is 0 Å². The van der Waals surface area contributed by atoms with Gasteiger partial charge < -0.3 is 4.80 Å². The van der Waals surface area contributed by atoms with Gasteiger partial charge in [0.2, 0.25) is 0 Å². The summed E-state index contributed by atoms with van der Waals surface area (Å²) in [6.07, 6.45) is 0. The average molecular weight is 327 g/mol. The molecule has 3 rings (SSSR count). The molecule has 0 saturated carbocycles. The minimum absolute atomic E-state index is 0. The molecule has 3 aromatic carbocycles. The first-order valence-electron chi connectivity index (χ1n) is 6.71. The Hall–Kier alpha value is -1.58. The molecule has 0 spiro atoms. The van der Waals surface area contributed by atoms with Gasteiger partial charge >= 0.3 is 0 Å². The minimum Gasteiger partial charge on any atom is -0.421 e. The van der Waals surface area contributed by atoms with E-state index in [-0.39, 0.29) is 18.6 Å². The molecule has 0 aliphatic carbocycles. The molecule has 21 heavy (non-hydrogen) atoms. The number of rotatable bonds is 3. The third-order valence-corrected chi connectivity index (χ3v) is 7.08. The zero-order valence-electron chi connectivity index (χ0n) is 11.6. The third kappa shape index (κ3) is 3.04. The van der Waals surface area contributed by atoms with Crippen molar-refractivity contribution in [1.29, 1.82) is 0 Å². The molecular formula is C18H16OSiV. The molecule has 0 amide bonds. The van der Waals surface area contributed by atoms with Crippen molar-refractivity contribution in [3.63, 3.8) is 0 Å². The first kappa shape index (κ1) is 15.8. The number of benzene rings is 3. The Balaban J connectivity index is 0.00000161. The fourth-order valence-electron chi connectivity index (χ4n) is 2.54. The molecule has 0 saturated heterocycles. The van der Waals surface area contributed by atoms with Gasteiger partial charge in [0.1, 0.15) is 0 Å². The van der Waals surface area contributed by atoms with Crippen LogP contribution in [-0.2, 0) is 18.6 Å². The Morgan fingerprint density at radius 2 is 0.714 bits per heavy atom. The molecule has 1 radical (unpaired) electrons. The molecule has 3 heteroatoms. The van der Waals surface area contributed by atoms with Crippen LogP contribution in [0.15, 0.2) is 91.0 Å². The summed E-state index contributed by atoms with van der Waals surface area (Å²) < 4.78 is 0. The summed E-state index contributed by atoms with van der Waals surface area (Å²) in [4.78, 5) is 11.6. The molecule has 0 heterocycles. The average Bonchev–Trinajstić information content (AvgIpc) is 2.56. The van der Waals surface area contributed by atoms with Gasteiger partial charge in [0.15, 0.2) is 0 Å². The van der Waals surface area contributed by atoms with Crippen LogP contribution in [0.4, 0.5) is 0 Å². The second kappa shape index (κ2) is 6.92. The normalized spacial score (nSPS) is 10.7.